The third-order valence-electron chi connectivity index (χ3n) is 9.72. The lowest BCUT2D eigenvalue weighted by Gasteiger charge is -2.57. The molecule has 0 heterocycles. The molecule has 0 aliphatic heterocycles. The summed E-state index contributed by atoms with van der Waals surface area (Å²) in [6.07, 6.45) is 8.21. The number of ether oxygens (including phenoxy) is 2. The van der Waals surface area contributed by atoms with Crippen molar-refractivity contribution < 1.29 is 29.0 Å². The minimum atomic E-state index is -1.46. The zero-order valence-corrected chi connectivity index (χ0v) is 19.9. The van der Waals surface area contributed by atoms with Crippen molar-refractivity contribution in [2.75, 3.05) is 6.61 Å². The minimum Gasteiger partial charge on any atom is -0.460 e. The van der Waals surface area contributed by atoms with Crippen LogP contribution >= 0.6 is 0 Å². The van der Waals surface area contributed by atoms with Gasteiger partial charge in [0.05, 0.1) is 6.61 Å². The maximum absolute atomic E-state index is 12.5. The summed E-state index contributed by atoms with van der Waals surface area (Å²) in [5.41, 5.74) is 7.11. The number of rotatable bonds is 4. The largest absolute Gasteiger partial charge is 0.460 e. The van der Waals surface area contributed by atoms with Crippen LogP contribution in [0.4, 0.5) is 0 Å². The second-order valence-corrected chi connectivity index (χ2v) is 11.2. The first kappa shape index (κ1) is 23.4. The Morgan fingerprint density at radius 2 is 1.75 bits per heavy atom. The molecule has 0 aromatic heterocycles. The molecule has 0 amide bonds. The second-order valence-electron chi connectivity index (χ2n) is 11.2. The third kappa shape index (κ3) is 3.52. The van der Waals surface area contributed by atoms with Gasteiger partial charge in [-0.1, -0.05) is 6.92 Å². The molecular weight excluding hydrogens is 408 g/mol. The molecule has 4 fully saturated rings. The minimum absolute atomic E-state index is 0.175. The van der Waals surface area contributed by atoms with Gasteiger partial charge in [0, 0.05) is 12.3 Å². The van der Waals surface area contributed by atoms with E-state index in [9.17, 15) is 20.2 Å². The van der Waals surface area contributed by atoms with Crippen LogP contribution in [0.2, 0.25) is 0 Å². The van der Waals surface area contributed by atoms with Crippen molar-refractivity contribution in [2.24, 2.45) is 35.0 Å². The molecule has 4 aliphatic carbocycles. The topological polar surface area (TPSA) is 109 Å². The van der Waals surface area contributed by atoms with Gasteiger partial charge in [0.15, 0.2) is 5.60 Å². The molecule has 1 unspecified atom stereocenters. The average Bonchev–Trinajstić information content (AvgIpc) is 2.99. The van der Waals surface area contributed by atoms with E-state index < -0.39 is 17.0 Å². The molecule has 4 saturated carbocycles. The first-order valence-corrected chi connectivity index (χ1v) is 12.4. The summed E-state index contributed by atoms with van der Waals surface area (Å²) in [4.78, 5) is 27.3. The van der Waals surface area contributed by atoms with Gasteiger partial charge in [0.25, 0.3) is 0 Å². The molecule has 1 N–H and O–H groups in total. The van der Waals surface area contributed by atoms with Crippen LogP contribution in [0.3, 0.4) is 0 Å². The van der Waals surface area contributed by atoms with Crippen LogP contribution in [0.25, 0.3) is 5.53 Å². The van der Waals surface area contributed by atoms with Crippen LogP contribution in [-0.2, 0) is 19.1 Å². The molecule has 0 aromatic carbocycles. The fraction of sp³-hybridized carbons (Fsp3) is 0.880. The van der Waals surface area contributed by atoms with Gasteiger partial charge in [-0.05, 0) is 101 Å². The summed E-state index contributed by atoms with van der Waals surface area (Å²) < 4.78 is 10.8. The van der Waals surface area contributed by atoms with Crippen molar-refractivity contribution in [3.63, 3.8) is 0 Å². The lowest BCUT2D eigenvalue weighted by Crippen LogP contribution is -2.59. The van der Waals surface area contributed by atoms with E-state index >= 15 is 0 Å². The summed E-state index contributed by atoms with van der Waals surface area (Å²) in [6, 6.07) is 0. The predicted octanol–water partition coefficient (Wildman–Crippen LogP) is 3.93. The van der Waals surface area contributed by atoms with E-state index in [0.717, 1.165) is 51.4 Å². The Bertz CT molecular complexity index is 838. The maximum atomic E-state index is 12.5. The van der Waals surface area contributed by atoms with Crippen LogP contribution in [0.1, 0.15) is 85.5 Å². The Hall–Kier alpha value is -1.72. The van der Waals surface area contributed by atoms with Gasteiger partial charge in [-0.15, -0.1) is 0 Å². The lowest BCUT2D eigenvalue weighted by molar-refractivity contribution is -0.169. The summed E-state index contributed by atoms with van der Waals surface area (Å²) in [7, 11) is 0. The van der Waals surface area contributed by atoms with Crippen LogP contribution in [0, 0.1) is 35.0 Å². The molecule has 32 heavy (non-hydrogen) atoms. The maximum Gasteiger partial charge on any atom is 0.420 e. The quantitative estimate of drug-likeness (QED) is 0.305. The molecule has 8 atom stereocenters. The van der Waals surface area contributed by atoms with E-state index in [1.54, 1.807) is 6.92 Å². The zero-order chi connectivity index (χ0) is 23.3. The van der Waals surface area contributed by atoms with Gasteiger partial charge in [0.1, 0.15) is 5.60 Å². The second kappa shape index (κ2) is 8.25. The van der Waals surface area contributed by atoms with E-state index in [4.69, 9.17) is 9.47 Å². The Kier molecular flexibility index (Phi) is 6.04. The van der Waals surface area contributed by atoms with Crippen molar-refractivity contribution in [1.29, 1.82) is 0 Å². The van der Waals surface area contributed by atoms with Crippen molar-refractivity contribution in [3.05, 3.63) is 5.53 Å². The predicted molar refractivity (Wildman–Crippen MR) is 117 cm³/mol. The Morgan fingerprint density at radius 1 is 1.03 bits per heavy atom. The van der Waals surface area contributed by atoms with Crippen molar-refractivity contribution >= 4 is 17.7 Å². The smallest absolute Gasteiger partial charge is 0.420 e. The first-order chi connectivity index (χ1) is 15.1. The SMILES string of the molecule is CCOC(=O)C(=[N+]=[N-])C1(O)CC[C@H]2[C@@H]3CC[C@@H]4C[C@](C)(OC(C)=O)CC[C@@H]4[C@H]3CC[C@@]21C. The highest BCUT2D eigenvalue weighted by molar-refractivity contribution is 6.37. The molecule has 178 valence electrons. The number of aliphatic hydroxyl groups is 1. The van der Waals surface area contributed by atoms with Gasteiger partial charge in [-0.2, -0.15) is 4.79 Å². The van der Waals surface area contributed by atoms with Crippen molar-refractivity contribution in [3.8, 4) is 0 Å². The zero-order valence-electron chi connectivity index (χ0n) is 19.9. The van der Waals surface area contributed by atoms with E-state index in [-0.39, 0.29) is 23.9 Å². The molecule has 0 spiro atoms. The van der Waals surface area contributed by atoms with Gasteiger partial charge in [0.2, 0.25) is 0 Å². The van der Waals surface area contributed by atoms with Gasteiger partial charge < -0.3 is 20.1 Å². The Balaban J connectivity index is 1.54. The highest BCUT2D eigenvalue weighted by Gasteiger charge is 2.69. The van der Waals surface area contributed by atoms with Gasteiger partial charge in [-0.3, -0.25) is 4.79 Å². The summed E-state index contributed by atoms with van der Waals surface area (Å²) in [6.45, 7) is 7.54. The highest BCUT2D eigenvalue weighted by Crippen LogP contribution is 2.66. The Labute approximate surface area is 190 Å². The van der Waals surface area contributed by atoms with Gasteiger partial charge >= 0.3 is 17.7 Å². The molecule has 4 aliphatic rings. The molecule has 0 aromatic rings. The monoisotopic (exact) mass is 446 g/mol. The normalized spacial score (nSPS) is 45.0. The van der Waals surface area contributed by atoms with Crippen molar-refractivity contribution in [2.45, 2.75) is 96.7 Å². The molecule has 0 saturated heterocycles. The molecule has 4 rings (SSSR count). The standard InChI is InChI=1S/C25H38N2O5/c1-5-31-22(29)21(27-26)25(30)13-10-20-19-7-6-16-14-23(3,32-15(2)28)11-8-17(16)18(19)9-12-24(20,25)4/h16-20,30H,5-14H2,1-4H3/t16-,17+,18-,19-,20+,23-,24+,25?/m1/s1. The number of hydrogen-bond donors (Lipinski definition) is 1. The molecule has 0 radical (unpaired) electrons. The van der Waals surface area contributed by atoms with Crippen LogP contribution in [-0.4, -0.2) is 45.4 Å². The fourth-order valence-corrected chi connectivity index (χ4v) is 8.40. The highest BCUT2D eigenvalue weighted by atomic mass is 16.6. The summed E-state index contributed by atoms with van der Waals surface area (Å²) >= 11 is 0. The summed E-state index contributed by atoms with van der Waals surface area (Å²) in [5, 5.41) is 11.7. The molecule has 0 bridgehead atoms. The van der Waals surface area contributed by atoms with E-state index in [1.165, 1.54) is 6.92 Å². The average molecular weight is 447 g/mol. The molecule has 7 nitrogen and oxygen atoms in total. The van der Waals surface area contributed by atoms with Crippen LogP contribution in [0.5, 0.6) is 0 Å². The van der Waals surface area contributed by atoms with E-state index in [1.807, 2.05) is 0 Å². The molecule has 7 heteroatoms. The lowest BCUT2D eigenvalue weighted by atomic mass is 9.48. The van der Waals surface area contributed by atoms with Gasteiger partial charge in [-0.25, -0.2) is 4.79 Å². The van der Waals surface area contributed by atoms with Crippen LogP contribution < -0.4 is 0 Å². The number of carbonyl (C=O) groups is 2. The number of fused-ring (bicyclic) bond motifs is 5. The third-order valence-corrected chi connectivity index (χ3v) is 9.72. The van der Waals surface area contributed by atoms with Crippen molar-refractivity contribution in [1.82, 2.24) is 0 Å². The molecular formula is C25H38N2O5. The number of hydrogen-bond acceptors (Lipinski definition) is 5. The first-order valence-electron chi connectivity index (χ1n) is 12.4. The Morgan fingerprint density at radius 3 is 2.41 bits per heavy atom. The number of carbonyl (C=O) groups excluding carboxylic acids is 2. The number of nitrogens with zero attached hydrogens (tertiary/aromatic N) is 2. The number of esters is 2. The summed E-state index contributed by atoms with van der Waals surface area (Å²) in [5.74, 6) is 1.70. The van der Waals surface area contributed by atoms with Crippen LogP contribution in [0.15, 0.2) is 0 Å². The van der Waals surface area contributed by atoms with E-state index in [0.29, 0.717) is 36.0 Å². The fourth-order valence-electron chi connectivity index (χ4n) is 8.40. The van der Waals surface area contributed by atoms with E-state index in [2.05, 4.69) is 18.6 Å².